The number of aryl methyl sites for hydroxylation is 1. The fourth-order valence-electron chi connectivity index (χ4n) is 2.73. The summed E-state index contributed by atoms with van der Waals surface area (Å²) in [4.78, 5) is 8.95. The summed E-state index contributed by atoms with van der Waals surface area (Å²) in [5, 5.41) is 8.24. The highest BCUT2D eigenvalue weighted by Gasteiger charge is 2.34. The van der Waals surface area contributed by atoms with E-state index in [0.717, 1.165) is 18.4 Å². The van der Waals surface area contributed by atoms with E-state index in [1.807, 2.05) is 26.0 Å². The normalized spacial score (nSPS) is 12.5. The second-order valence-corrected chi connectivity index (χ2v) is 8.50. The standard InChI is InChI=1S/C21H21N3O3S/c1-3-4-13-27-21-20(23-17-7-5-6-8-18(17)24-21)19(14-22)28(25,26)16-11-9-15(2)10-12-16/h5-12,19H,3-4,13H2,1-2H3/t19-/m1/s1. The largest absolute Gasteiger partial charge is 0.476 e. The summed E-state index contributed by atoms with van der Waals surface area (Å²) >= 11 is 0. The molecule has 0 saturated heterocycles. The second kappa shape index (κ2) is 8.36. The van der Waals surface area contributed by atoms with E-state index in [1.54, 1.807) is 30.3 Å². The topological polar surface area (TPSA) is 92.9 Å². The van der Waals surface area contributed by atoms with Crippen molar-refractivity contribution in [2.45, 2.75) is 36.8 Å². The molecular formula is C21H21N3O3S. The molecule has 0 aliphatic heterocycles. The molecule has 0 saturated carbocycles. The third-order valence-corrected chi connectivity index (χ3v) is 6.20. The van der Waals surface area contributed by atoms with Gasteiger partial charge in [-0.25, -0.2) is 18.4 Å². The van der Waals surface area contributed by atoms with Crippen LogP contribution in [0.1, 0.15) is 36.3 Å². The summed E-state index contributed by atoms with van der Waals surface area (Å²) in [6.45, 7) is 4.27. The van der Waals surface area contributed by atoms with Crippen LogP contribution in [-0.4, -0.2) is 25.0 Å². The lowest BCUT2D eigenvalue weighted by Crippen LogP contribution is -2.16. The average molecular weight is 395 g/mol. The molecule has 1 atom stereocenters. The third-order valence-electron chi connectivity index (χ3n) is 4.33. The SMILES string of the molecule is CCCCOc1nc2ccccc2nc1[C@@H](C#N)S(=O)(=O)c1ccc(C)cc1. The van der Waals surface area contributed by atoms with Crippen LogP contribution in [0.2, 0.25) is 0 Å². The van der Waals surface area contributed by atoms with Crippen molar-refractivity contribution in [2.75, 3.05) is 6.61 Å². The second-order valence-electron chi connectivity index (χ2n) is 6.47. The maximum Gasteiger partial charge on any atom is 0.238 e. The molecule has 3 rings (SSSR count). The van der Waals surface area contributed by atoms with E-state index in [0.29, 0.717) is 17.6 Å². The Labute approximate surface area is 164 Å². The lowest BCUT2D eigenvalue weighted by Gasteiger charge is -2.15. The molecule has 0 amide bonds. The monoisotopic (exact) mass is 395 g/mol. The molecular weight excluding hydrogens is 374 g/mol. The fourth-order valence-corrected chi connectivity index (χ4v) is 4.10. The number of aromatic nitrogens is 2. The number of sulfone groups is 1. The summed E-state index contributed by atoms with van der Waals surface area (Å²) < 4.78 is 32.0. The first-order valence-electron chi connectivity index (χ1n) is 9.07. The molecule has 2 aromatic carbocycles. The number of fused-ring (bicyclic) bond motifs is 1. The molecule has 0 fully saturated rings. The van der Waals surface area contributed by atoms with Gasteiger partial charge < -0.3 is 4.74 Å². The molecule has 1 aromatic heterocycles. The summed E-state index contributed by atoms with van der Waals surface area (Å²) in [6, 6.07) is 15.4. The van der Waals surface area contributed by atoms with E-state index < -0.39 is 15.1 Å². The molecule has 0 N–H and O–H groups in total. The zero-order valence-corrected chi connectivity index (χ0v) is 16.6. The van der Waals surface area contributed by atoms with Crippen molar-refractivity contribution in [3.05, 3.63) is 59.8 Å². The number of para-hydroxylation sites is 2. The van der Waals surface area contributed by atoms with Gasteiger partial charge in [0.05, 0.1) is 28.6 Å². The molecule has 0 radical (unpaired) electrons. The number of benzene rings is 2. The van der Waals surface area contributed by atoms with Gasteiger partial charge in [0.15, 0.2) is 5.25 Å². The van der Waals surface area contributed by atoms with E-state index in [4.69, 9.17) is 4.74 Å². The molecule has 144 valence electrons. The van der Waals surface area contributed by atoms with E-state index in [1.165, 1.54) is 12.1 Å². The van der Waals surface area contributed by atoms with Gasteiger partial charge in [0.2, 0.25) is 15.7 Å². The van der Waals surface area contributed by atoms with Crippen molar-refractivity contribution in [3.63, 3.8) is 0 Å². The van der Waals surface area contributed by atoms with Crippen LogP contribution < -0.4 is 4.74 Å². The van der Waals surface area contributed by atoms with Gasteiger partial charge in [0.25, 0.3) is 0 Å². The van der Waals surface area contributed by atoms with Gasteiger partial charge in [-0.05, 0) is 37.6 Å². The summed E-state index contributed by atoms with van der Waals surface area (Å²) in [7, 11) is -3.99. The number of nitriles is 1. The zero-order chi connectivity index (χ0) is 20.1. The number of unbranched alkanes of at least 4 members (excludes halogenated alkanes) is 1. The molecule has 0 unspecified atom stereocenters. The highest BCUT2D eigenvalue weighted by atomic mass is 32.2. The van der Waals surface area contributed by atoms with Gasteiger partial charge in [-0.1, -0.05) is 43.2 Å². The molecule has 0 aliphatic carbocycles. The van der Waals surface area contributed by atoms with E-state index in [9.17, 15) is 13.7 Å². The summed E-state index contributed by atoms with van der Waals surface area (Å²) in [5.74, 6) is 0.0920. The van der Waals surface area contributed by atoms with Gasteiger partial charge in [-0.2, -0.15) is 5.26 Å². The smallest absolute Gasteiger partial charge is 0.238 e. The fraction of sp³-hybridized carbons (Fsp3) is 0.286. The maximum absolute atomic E-state index is 13.1. The van der Waals surface area contributed by atoms with Crippen LogP contribution >= 0.6 is 0 Å². The molecule has 28 heavy (non-hydrogen) atoms. The van der Waals surface area contributed by atoms with Crippen LogP contribution in [0.25, 0.3) is 11.0 Å². The molecule has 6 nitrogen and oxygen atoms in total. The Morgan fingerprint density at radius 2 is 1.71 bits per heavy atom. The average Bonchev–Trinajstić information content (AvgIpc) is 2.69. The Balaban J connectivity index is 2.13. The number of nitrogens with zero attached hydrogens (tertiary/aromatic N) is 3. The lowest BCUT2D eigenvalue weighted by atomic mass is 10.2. The first-order chi connectivity index (χ1) is 13.5. The summed E-state index contributed by atoms with van der Waals surface area (Å²) in [6.07, 6.45) is 1.70. The van der Waals surface area contributed by atoms with Crippen LogP contribution in [0.5, 0.6) is 5.88 Å². The highest BCUT2D eigenvalue weighted by molar-refractivity contribution is 7.92. The Bertz CT molecular complexity index is 1120. The van der Waals surface area contributed by atoms with Crippen molar-refractivity contribution < 1.29 is 13.2 Å². The van der Waals surface area contributed by atoms with Crippen molar-refractivity contribution >= 4 is 20.9 Å². The van der Waals surface area contributed by atoms with Gasteiger partial charge in [-0.15, -0.1) is 0 Å². The number of ether oxygens (including phenoxy) is 1. The molecule has 1 heterocycles. The van der Waals surface area contributed by atoms with Crippen molar-refractivity contribution in [2.24, 2.45) is 0 Å². The van der Waals surface area contributed by atoms with Crippen LogP contribution in [0.15, 0.2) is 53.4 Å². The quantitative estimate of drug-likeness (QED) is 0.558. The predicted molar refractivity (Wildman–Crippen MR) is 107 cm³/mol. The molecule has 0 spiro atoms. The van der Waals surface area contributed by atoms with Gasteiger partial charge in [-0.3, -0.25) is 0 Å². The minimum absolute atomic E-state index is 0.0258. The van der Waals surface area contributed by atoms with Crippen molar-refractivity contribution in [1.29, 1.82) is 5.26 Å². The van der Waals surface area contributed by atoms with Crippen LogP contribution in [0, 0.1) is 18.3 Å². The minimum atomic E-state index is -3.99. The number of hydrogen-bond donors (Lipinski definition) is 0. The maximum atomic E-state index is 13.1. The van der Waals surface area contributed by atoms with Crippen molar-refractivity contribution in [1.82, 2.24) is 9.97 Å². The van der Waals surface area contributed by atoms with Gasteiger partial charge in [0.1, 0.15) is 5.69 Å². The highest BCUT2D eigenvalue weighted by Crippen LogP contribution is 2.33. The Hall–Kier alpha value is -2.98. The number of rotatable bonds is 7. The van der Waals surface area contributed by atoms with Crippen LogP contribution in [0.3, 0.4) is 0 Å². The Kier molecular flexibility index (Phi) is 5.90. The van der Waals surface area contributed by atoms with Crippen LogP contribution in [-0.2, 0) is 9.84 Å². The minimum Gasteiger partial charge on any atom is -0.476 e. The molecule has 3 aromatic rings. The number of hydrogen-bond acceptors (Lipinski definition) is 6. The molecule has 0 bridgehead atoms. The van der Waals surface area contributed by atoms with Gasteiger partial charge >= 0.3 is 0 Å². The van der Waals surface area contributed by atoms with Crippen molar-refractivity contribution in [3.8, 4) is 11.9 Å². The predicted octanol–water partition coefficient (Wildman–Crippen LogP) is 4.16. The Morgan fingerprint density at radius 1 is 1.07 bits per heavy atom. The molecule has 7 heteroatoms. The lowest BCUT2D eigenvalue weighted by molar-refractivity contribution is 0.294. The first kappa shape index (κ1) is 19.8. The Morgan fingerprint density at radius 3 is 2.32 bits per heavy atom. The molecule has 0 aliphatic rings. The van der Waals surface area contributed by atoms with Crippen LogP contribution in [0.4, 0.5) is 0 Å². The van der Waals surface area contributed by atoms with E-state index in [2.05, 4.69) is 9.97 Å². The van der Waals surface area contributed by atoms with E-state index in [-0.39, 0.29) is 16.5 Å². The third kappa shape index (κ3) is 3.97. The first-order valence-corrected chi connectivity index (χ1v) is 10.6. The summed E-state index contributed by atoms with van der Waals surface area (Å²) in [5.41, 5.74) is 2.06. The van der Waals surface area contributed by atoms with E-state index >= 15 is 0 Å². The zero-order valence-electron chi connectivity index (χ0n) is 15.8. The van der Waals surface area contributed by atoms with Gasteiger partial charge in [0, 0.05) is 0 Å².